The highest BCUT2D eigenvalue weighted by Gasteiger charge is 2.16. The first-order valence-corrected chi connectivity index (χ1v) is 7.19. The van der Waals surface area contributed by atoms with Gasteiger partial charge in [0.05, 0.1) is 5.69 Å². The van der Waals surface area contributed by atoms with Gasteiger partial charge >= 0.3 is 0 Å². The van der Waals surface area contributed by atoms with Gasteiger partial charge in [-0.15, -0.1) is 0 Å². The summed E-state index contributed by atoms with van der Waals surface area (Å²) in [5, 5.41) is 11.5. The van der Waals surface area contributed by atoms with Crippen LogP contribution in [0.3, 0.4) is 0 Å². The van der Waals surface area contributed by atoms with Crippen molar-refractivity contribution in [3.63, 3.8) is 0 Å². The summed E-state index contributed by atoms with van der Waals surface area (Å²) in [7, 11) is 0. The SMILES string of the molecule is N#Cc1c(F)cccc1NC(=O)CCC1CCCCC1. The lowest BCUT2D eigenvalue weighted by atomic mass is 9.86. The van der Waals surface area contributed by atoms with Gasteiger partial charge in [-0.2, -0.15) is 5.26 Å². The number of halogens is 1. The molecule has 0 aliphatic heterocycles. The third kappa shape index (κ3) is 3.80. The van der Waals surface area contributed by atoms with Crippen molar-refractivity contribution in [2.24, 2.45) is 5.92 Å². The summed E-state index contributed by atoms with van der Waals surface area (Å²) >= 11 is 0. The number of carbonyl (C=O) groups excluding carboxylic acids is 1. The number of hydrogen-bond donors (Lipinski definition) is 1. The van der Waals surface area contributed by atoms with E-state index in [2.05, 4.69) is 5.32 Å². The molecular weight excluding hydrogens is 255 g/mol. The molecule has 0 saturated heterocycles. The van der Waals surface area contributed by atoms with Crippen molar-refractivity contribution in [2.45, 2.75) is 44.9 Å². The maximum atomic E-state index is 13.4. The summed E-state index contributed by atoms with van der Waals surface area (Å²) < 4.78 is 13.4. The lowest BCUT2D eigenvalue weighted by Gasteiger charge is -2.21. The molecule has 1 aliphatic carbocycles. The molecule has 106 valence electrons. The van der Waals surface area contributed by atoms with Gasteiger partial charge in [0.2, 0.25) is 5.91 Å². The van der Waals surface area contributed by atoms with Crippen molar-refractivity contribution in [1.29, 1.82) is 5.26 Å². The van der Waals surface area contributed by atoms with Crippen LogP contribution in [0.5, 0.6) is 0 Å². The highest BCUT2D eigenvalue weighted by Crippen LogP contribution is 2.27. The number of nitrogens with one attached hydrogen (secondary N) is 1. The number of nitriles is 1. The summed E-state index contributed by atoms with van der Waals surface area (Å²) in [5.41, 5.74) is 0.166. The fourth-order valence-corrected chi connectivity index (χ4v) is 2.77. The maximum Gasteiger partial charge on any atom is 0.224 e. The summed E-state index contributed by atoms with van der Waals surface area (Å²) in [4.78, 5) is 11.9. The fraction of sp³-hybridized carbons (Fsp3) is 0.500. The fourth-order valence-electron chi connectivity index (χ4n) is 2.77. The molecule has 1 saturated carbocycles. The van der Waals surface area contributed by atoms with Gasteiger partial charge in [0, 0.05) is 6.42 Å². The van der Waals surface area contributed by atoms with Crippen LogP contribution in [-0.4, -0.2) is 5.91 Å². The Labute approximate surface area is 118 Å². The molecular formula is C16H19FN2O. The van der Waals surface area contributed by atoms with E-state index in [4.69, 9.17) is 5.26 Å². The highest BCUT2D eigenvalue weighted by atomic mass is 19.1. The average molecular weight is 274 g/mol. The topological polar surface area (TPSA) is 52.9 Å². The molecule has 2 rings (SSSR count). The molecule has 0 bridgehead atoms. The van der Waals surface area contributed by atoms with Crippen LogP contribution >= 0.6 is 0 Å². The Hall–Kier alpha value is -1.89. The molecule has 0 aromatic heterocycles. The first-order chi connectivity index (χ1) is 9.70. The van der Waals surface area contributed by atoms with Crippen molar-refractivity contribution < 1.29 is 9.18 Å². The van der Waals surface area contributed by atoms with Crippen LogP contribution in [0.25, 0.3) is 0 Å². The standard InChI is InChI=1S/C16H19FN2O/c17-14-7-4-8-15(13(14)11-18)19-16(20)10-9-12-5-2-1-3-6-12/h4,7-8,12H,1-3,5-6,9-10H2,(H,19,20). The highest BCUT2D eigenvalue weighted by molar-refractivity contribution is 5.92. The average Bonchev–Trinajstić information content (AvgIpc) is 2.46. The summed E-state index contributed by atoms with van der Waals surface area (Å²) in [5.74, 6) is -0.104. The van der Waals surface area contributed by atoms with Crippen LogP contribution in [0.4, 0.5) is 10.1 Å². The number of carbonyl (C=O) groups is 1. The Bertz CT molecular complexity index is 516. The van der Waals surface area contributed by atoms with Crippen molar-refractivity contribution in [1.82, 2.24) is 0 Å². The number of rotatable bonds is 4. The molecule has 1 aliphatic rings. The van der Waals surface area contributed by atoms with Gasteiger partial charge in [0.1, 0.15) is 17.4 Å². The minimum absolute atomic E-state index is 0.0986. The van der Waals surface area contributed by atoms with E-state index in [1.54, 1.807) is 12.1 Å². The molecule has 0 radical (unpaired) electrons. The lowest BCUT2D eigenvalue weighted by Crippen LogP contribution is -2.15. The minimum atomic E-state index is -0.599. The van der Waals surface area contributed by atoms with Gasteiger partial charge in [-0.05, 0) is 24.5 Å². The molecule has 1 N–H and O–H groups in total. The molecule has 1 aromatic carbocycles. The number of hydrogen-bond acceptors (Lipinski definition) is 2. The molecule has 3 nitrogen and oxygen atoms in total. The predicted molar refractivity (Wildman–Crippen MR) is 75.6 cm³/mol. The van der Waals surface area contributed by atoms with Gasteiger partial charge in [-0.25, -0.2) is 4.39 Å². The van der Waals surface area contributed by atoms with Gasteiger partial charge in [-0.3, -0.25) is 4.79 Å². The first kappa shape index (κ1) is 14.5. The number of nitrogens with zero attached hydrogens (tertiary/aromatic N) is 1. The van der Waals surface area contributed by atoms with Crippen molar-refractivity contribution >= 4 is 11.6 Å². The smallest absolute Gasteiger partial charge is 0.224 e. The van der Waals surface area contributed by atoms with Gasteiger partial charge < -0.3 is 5.32 Å². The van der Waals surface area contributed by atoms with E-state index in [0.29, 0.717) is 12.3 Å². The largest absolute Gasteiger partial charge is 0.325 e. The maximum absolute atomic E-state index is 13.4. The van der Waals surface area contributed by atoms with Crippen LogP contribution in [0.1, 0.15) is 50.5 Å². The molecule has 0 heterocycles. The molecule has 1 amide bonds. The normalized spacial score (nSPS) is 15.6. The Morgan fingerprint density at radius 2 is 2.10 bits per heavy atom. The quantitative estimate of drug-likeness (QED) is 0.902. The Morgan fingerprint density at radius 3 is 2.80 bits per heavy atom. The lowest BCUT2D eigenvalue weighted by molar-refractivity contribution is -0.116. The van der Waals surface area contributed by atoms with Gasteiger partial charge in [0.15, 0.2) is 0 Å². The van der Waals surface area contributed by atoms with Gasteiger partial charge in [-0.1, -0.05) is 38.2 Å². The number of amides is 1. The zero-order valence-electron chi connectivity index (χ0n) is 11.5. The molecule has 4 heteroatoms. The number of anilines is 1. The zero-order valence-corrected chi connectivity index (χ0v) is 11.5. The van der Waals surface area contributed by atoms with Crippen molar-refractivity contribution in [3.05, 3.63) is 29.6 Å². The molecule has 0 atom stereocenters. The van der Waals surface area contributed by atoms with E-state index in [-0.39, 0.29) is 17.2 Å². The minimum Gasteiger partial charge on any atom is -0.325 e. The second kappa shape index (κ2) is 7.04. The monoisotopic (exact) mass is 274 g/mol. The van der Waals surface area contributed by atoms with Crippen LogP contribution in [0.2, 0.25) is 0 Å². The number of benzene rings is 1. The van der Waals surface area contributed by atoms with Crippen LogP contribution in [0, 0.1) is 23.1 Å². The third-order valence-corrected chi connectivity index (χ3v) is 3.90. The van der Waals surface area contributed by atoms with E-state index < -0.39 is 5.82 Å². The van der Waals surface area contributed by atoms with Crippen molar-refractivity contribution in [2.75, 3.05) is 5.32 Å². The Balaban J connectivity index is 1.88. The molecule has 1 aromatic rings. The van der Waals surface area contributed by atoms with Crippen LogP contribution in [0.15, 0.2) is 18.2 Å². The van der Waals surface area contributed by atoms with Gasteiger partial charge in [0.25, 0.3) is 0 Å². The van der Waals surface area contributed by atoms with Crippen molar-refractivity contribution in [3.8, 4) is 6.07 Å². The zero-order chi connectivity index (χ0) is 14.4. The van der Waals surface area contributed by atoms with Crippen LogP contribution in [-0.2, 0) is 4.79 Å². The second-order valence-corrected chi connectivity index (χ2v) is 5.37. The van der Waals surface area contributed by atoms with E-state index in [1.807, 2.05) is 0 Å². The van der Waals surface area contributed by atoms with E-state index in [9.17, 15) is 9.18 Å². The second-order valence-electron chi connectivity index (χ2n) is 5.37. The van der Waals surface area contributed by atoms with E-state index in [0.717, 1.165) is 6.42 Å². The summed E-state index contributed by atoms with van der Waals surface area (Å²) in [6, 6.07) is 6.05. The molecule has 0 spiro atoms. The molecule has 20 heavy (non-hydrogen) atoms. The Morgan fingerprint density at radius 1 is 1.35 bits per heavy atom. The Kier molecular flexibility index (Phi) is 5.11. The summed E-state index contributed by atoms with van der Waals surface area (Å²) in [6.07, 6.45) is 7.55. The predicted octanol–water partition coefficient (Wildman–Crippen LogP) is 4.00. The van der Waals surface area contributed by atoms with Crippen LogP contribution < -0.4 is 5.32 Å². The molecule has 0 unspecified atom stereocenters. The third-order valence-electron chi connectivity index (χ3n) is 3.90. The molecule has 1 fully saturated rings. The van der Waals surface area contributed by atoms with E-state index in [1.165, 1.54) is 44.2 Å². The first-order valence-electron chi connectivity index (χ1n) is 7.19. The van der Waals surface area contributed by atoms with E-state index >= 15 is 0 Å². The summed E-state index contributed by atoms with van der Waals surface area (Å²) in [6.45, 7) is 0.